The molecule has 1 unspecified atom stereocenters. The molecule has 3 aromatic rings. The minimum absolute atomic E-state index is 0.0355. The highest BCUT2D eigenvalue weighted by molar-refractivity contribution is 5.87. The van der Waals surface area contributed by atoms with Gasteiger partial charge in [-0.05, 0) is 24.3 Å². The van der Waals surface area contributed by atoms with E-state index in [1.54, 1.807) is 0 Å². The number of benzene rings is 1. The van der Waals surface area contributed by atoms with E-state index in [-0.39, 0.29) is 12.6 Å². The van der Waals surface area contributed by atoms with Crippen LogP contribution >= 0.6 is 0 Å². The molecule has 2 N–H and O–H groups in total. The number of anilines is 1. The van der Waals surface area contributed by atoms with E-state index in [1.807, 2.05) is 12.3 Å². The minimum atomic E-state index is -0.443. The molecular formula is C18H19F2N5O. The van der Waals surface area contributed by atoms with E-state index in [1.165, 1.54) is 12.4 Å². The number of ether oxygens (including phenoxy) is 1. The molecule has 1 aromatic carbocycles. The van der Waals surface area contributed by atoms with Crippen LogP contribution in [-0.4, -0.2) is 47.3 Å². The van der Waals surface area contributed by atoms with Gasteiger partial charge in [-0.2, -0.15) is 0 Å². The number of nitrogens with zero attached hydrogens (tertiary/aromatic N) is 3. The third-order valence-corrected chi connectivity index (χ3v) is 4.54. The van der Waals surface area contributed by atoms with Crippen LogP contribution in [0.5, 0.6) is 0 Å². The Kier molecular flexibility index (Phi) is 4.77. The summed E-state index contributed by atoms with van der Waals surface area (Å²) in [5, 5.41) is 4.16. The van der Waals surface area contributed by atoms with Crippen LogP contribution in [0.15, 0.2) is 36.8 Å². The molecule has 6 nitrogen and oxygen atoms in total. The number of fused-ring (bicyclic) bond motifs is 1. The second-order valence-electron chi connectivity index (χ2n) is 6.23. The van der Waals surface area contributed by atoms with Crippen LogP contribution in [0.4, 0.5) is 14.6 Å². The molecule has 1 aliphatic rings. The van der Waals surface area contributed by atoms with Crippen molar-refractivity contribution in [2.45, 2.75) is 12.6 Å². The van der Waals surface area contributed by atoms with Crippen LogP contribution < -0.4 is 10.2 Å². The highest BCUT2D eigenvalue weighted by Crippen LogP contribution is 2.25. The van der Waals surface area contributed by atoms with Crippen molar-refractivity contribution in [3.05, 3.63) is 54.0 Å². The number of rotatable bonds is 5. The number of morpholine rings is 1. The zero-order valence-corrected chi connectivity index (χ0v) is 14.1. The molecule has 0 aliphatic carbocycles. The third kappa shape index (κ3) is 3.38. The molecule has 1 saturated heterocycles. The van der Waals surface area contributed by atoms with Gasteiger partial charge >= 0.3 is 0 Å². The molecular weight excluding hydrogens is 340 g/mol. The Morgan fingerprint density at radius 2 is 2.19 bits per heavy atom. The van der Waals surface area contributed by atoms with E-state index in [0.29, 0.717) is 31.9 Å². The summed E-state index contributed by atoms with van der Waals surface area (Å²) in [5.74, 6) is -0.00886. The molecule has 0 bridgehead atoms. The number of aromatic nitrogens is 3. The summed E-state index contributed by atoms with van der Waals surface area (Å²) in [6, 6.07) is 5.46. The van der Waals surface area contributed by atoms with E-state index in [9.17, 15) is 8.78 Å². The zero-order valence-electron chi connectivity index (χ0n) is 14.1. The maximum absolute atomic E-state index is 13.8. The van der Waals surface area contributed by atoms with Gasteiger partial charge in [-0.25, -0.2) is 18.7 Å². The largest absolute Gasteiger partial charge is 0.377 e. The van der Waals surface area contributed by atoms with Crippen LogP contribution in [0.25, 0.3) is 11.0 Å². The van der Waals surface area contributed by atoms with Crippen LogP contribution in [-0.2, 0) is 11.3 Å². The second-order valence-corrected chi connectivity index (χ2v) is 6.23. The molecule has 0 saturated carbocycles. The van der Waals surface area contributed by atoms with Gasteiger partial charge < -0.3 is 19.9 Å². The lowest BCUT2D eigenvalue weighted by atomic mass is 10.1. The number of aromatic amines is 1. The van der Waals surface area contributed by atoms with Crippen molar-refractivity contribution in [1.82, 2.24) is 20.3 Å². The SMILES string of the molecule is Fc1ccc(F)c(CNCC2COCCN2c2ncnc3[nH]ccc23)c1. The summed E-state index contributed by atoms with van der Waals surface area (Å²) in [5.41, 5.74) is 1.10. The number of halogens is 2. The van der Waals surface area contributed by atoms with Gasteiger partial charge in [0.2, 0.25) is 0 Å². The van der Waals surface area contributed by atoms with Crippen molar-refractivity contribution < 1.29 is 13.5 Å². The summed E-state index contributed by atoms with van der Waals surface area (Å²) in [7, 11) is 0. The Hall–Kier alpha value is -2.58. The fourth-order valence-electron chi connectivity index (χ4n) is 3.24. The molecule has 1 fully saturated rings. The molecule has 4 rings (SSSR count). The van der Waals surface area contributed by atoms with Gasteiger partial charge in [0.15, 0.2) is 0 Å². The summed E-state index contributed by atoms with van der Waals surface area (Å²) >= 11 is 0. The molecule has 1 aliphatic heterocycles. The Morgan fingerprint density at radius 1 is 1.27 bits per heavy atom. The monoisotopic (exact) mass is 359 g/mol. The number of hydrogen-bond donors (Lipinski definition) is 2. The van der Waals surface area contributed by atoms with Crippen molar-refractivity contribution in [3.63, 3.8) is 0 Å². The fourth-order valence-corrected chi connectivity index (χ4v) is 3.24. The average Bonchev–Trinajstić information content (AvgIpc) is 3.14. The Balaban J connectivity index is 1.48. The predicted octanol–water partition coefficient (Wildman–Crippen LogP) is 2.23. The molecule has 8 heteroatoms. The van der Waals surface area contributed by atoms with Gasteiger partial charge in [-0.3, -0.25) is 0 Å². The molecule has 3 heterocycles. The van der Waals surface area contributed by atoms with E-state index in [0.717, 1.165) is 29.0 Å². The van der Waals surface area contributed by atoms with Gasteiger partial charge in [0.25, 0.3) is 0 Å². The Labute approximate surface area is 149 Å². The lowest BCUT2D eigenvalue weighted by Gasteiger charge is -2.36. The molecule has 2 aromatic heterocycles. The fraction of sp³-hybridized carbons (Fsp3) is 0.333. The molecule has 0 spiro atoms. The maximum atomic E-state index is 13.8. The summed E-state index contributed by atoms with van der Waals surface area (Å²) < 4.78 is 32.7. The molecule has 26 heavy (non-hydrogen) atoms. The van der Waals surface area contributed by atoms with Gasteiger partial charge in [0.1, 0.15) is 29.4 Å². The van der Waals surface area contributed by atoms with Crippen molar-refractivity contribution in [2.24, 2.45) is 0 Å². The number of nitrogens with one attached hydrogen (secondary N) is 2. The molecule has 1 atom stereocenters. The highest BCUT2D eigenvalue weighted by Gasteiger charge is 2.25. The molecule has 136 valence electrons. The maximum Gasteiger partial charge on any atom is 0.142 e. The molecule has 0 amide bonds. The Bertz CT molecular complexity index is 900. The highest BCUT2D eigenvalue weighted by atomic mass is 19.1. The summed E-state index contributed by atoms with van der Waals surface area (Å²) in [6.07, 6.45) is 3.37. The standard InChI is InChI=1S/C18H19F2N5O/c19-13-1-2-16(20)12(7-13)8-21-9-14-10-26-6-5-25(14)18-15-3-4-22-17(15)23-11-24-18/h1-4,7,11,14,21H,5-6,8-10H2,(H,22,23,24). The lowest BCUT2D eigenvalue weighted by molar-refractivity contribution is 0.0933. The van der Waals surface area contributed by atoms with Gasteiger partial charge in [0.05, 0.1) is 24.6 Å². The van der Waals surface area contributed by atoms with Crippen LogP contribution in [0.2, 0.25) is 0 Å². The number of hydrogen-bond acceptors (Lipinski definition) is 5. The quantitative estimate of drug-likeness (QED) is 0.731. The first-order chi connectivity index (χ1) is 12.7. The van der Waals surface area contributed by atoms with Crippen molar-refractivity contribution in [3.8, 4) is 0 Å². The van der Waals surface area contributed by atoms with E-state index < -0.39 is 11.6 Å². The van der Waals surface area contributed by atoms with Gasteiger partial charge in [-0.15, -0.1) is 0 Å². The van der Waals surface area contributed by atoms with E-state index in [4.69, 9.17) is 4.74 Å². The zero-order chi connectivity index (χ0) is 17.9. The smallest absolute Gasteiger partial charge is 0.142 e. The second kappa shape index (κ2) is 7.35. The summed E-state index contributed by atoms with van der Waals surface area (Å²) in [4.78, 5) is 13.9. The first kappa shape index (κ1) is 16.9. The molecule has 0 radical (unpaired) electrons. The minimum Gasteiger partial charge on any atom is -0.377 e. The van der Waals surface area contributed by atoms with Crippen LogP contribution in [0, 0.1) is 11.6 Å². The first-order valence-electron chi connectivity index (χ1n) is 8.49. The Morgan fingerprint density at radius 3 is 3.12 bits per heavy atom. The van der Waals surface area contributed by atoms with Crippen LogP contribution in [0.1, 0.15) is 5.56 Å². The topological polar surface area (TPSA) is 66.1 Å². The number of H-pyrrole nitrogens is 1. The third-order valence-electron chi connectivity index (χ3n) is 4.54. The van der Waals surface area contributed by atoms with Gasteiger partial charge in [0, 0.05) is 31.4 Å². The van der Waals surface area contributed by atoms with Crippen molar-refractivity contribution >= 4 is 16.9 Å². The normalized spacial score (nSPS) is 17.8. The average molecular weight is 359 g/mol. The van der Waals surface area contributed by atoms with Crippen molar-refractivity contribution in [1.29, 1.82) is 0 Å². The predicted molar refractivity (Wildman–Crippen MR) is 93.9 cm³/mol. The van der Waals surface area contributed by atoms with E-state index >= 15 is 0 Å². The lowest BCUT2D eigenvalue weighted by Crippen LogP contribution is -2.51. The van der Waals surface area contributed by atoms with Crippen molar-refractivity contribution in [2.75, 3.05) is 31.2 Å². The van der Waals surface area contributed by atoms with Gasteiger partial charge in [-0.1, -0.05) is 0 Å². The van der Waals surface area contributed by atoms with E-state index in [2.05, 4.69) is 25.2 Å². The summed E-state index contributed by atoms with van der Waals surface area (Å²) in [6.45, 7) is 2.67. The van der Waals surface area contributed by atoms with Crippen LogP contribution in [0.3, 0.4) is 0 Å². The first-order valence-corrected chi connectivity index (χ1v) is 8.49.